The lowest BCUT2D eigenvalue weighted by Crippen LogP contribution is -2.43. The fraction of sp³-hybridized carbons (Fsp3) is 0.778. The number of aliphatic hydroxyl groups is 1. The predicted molar refractivity (Wildman–Crippen MR) is 86.5 cm³/mol. The highest BCUT2D eigenvalue weighted by Crippen LogP contribution is 2.31. The van der Waals surface area contributed by atoms with Crippen molar-refractivity contribution < 1.29 is 19.4 Å². The van der Waals surface area contributed by atoms with E-state index < -0.39 is 17.7 Å². The number of esters is 1. The molecule has 4 nitrogen and oxygen atoms in total. The highest BCUT2D eigenvalue weighted by Gasteiger charge is 2.48. The van der Waals surface area contributed by atoms with Crippen molar-refractivity contribution in [1.82, 2.24) is 0 Å². The number of carbonyl (C=O) groups is 2. The van der Waals surface area contributed by atoms with Gasteiger partial charge in [-0.3, -0.25) is 9.59 Å². The Bertz CT molecular complexity index is 389. The molecule has 0 amide bonds. The number of hydrogen-bond donors (Lipinski definition) is 1. The van der Waals surface area contributed by atoms with Gasteiger partial charge >= 0.3 is 5.97 Å². The molecular formula is C18H30O4. The van der Waals surface area contributed by atoms with E-state index in [4.69, 9.17) is 4.74 Å². The molecular weight excluding hydrogens is 280 g/mol. The number of unbranched alkanes of at least 4 members (excludes halogenated alkanes) is 7. The zero-order chi connectivity index (χ0) is 16.4. The van der Waals surface area contributed by atoms with Crippen LogP contribution in [0.25, 0.3) is 0 Å². The summed E-state index contributed by atoms with van der Waals surface area (Å²) in [5.41, 5.74) is -1.62. The summed E-state index contributed by atoms with van der Waals surface area (Å²) >= 11 is 0. The highest BCUT2D eigenvalue weighted by atomic mass is 16.6. The van der Waals surface area contributed by atoms with Crippen molar-refractivity contribution in [3.63, 3.8) is 0 Å². The normalized spacial score (nSPS) is 25.0. The largest absolute Gasteiger partial charge is 0.459 e. The number of ketones is 1. The molecule has 0 spiro atoms. The first-order valence-electron chi connectivity index (χ1n) is 8.61. The van der Waals surface area contributed by atoms with Crippen LogP contribution in [0.2, 0.25) is 0 Å². The molecule has 1 saturated carbocycles. The Balaban J connectivity index is 2.30. The topological polar surface area (TPSA) is 63.6 Å². The van der Waals surface area contributed by atoms with E-state index in [1.807, 2.05) is 6.08 Å². The zero-order valence-electron chi connectivity index (χ0n) is 14.0. The van der Waals surface area contributed by atoms with Gasteiger partial charge in [-0.15, -0.1) is 0 Å². The number of carbonyl (C=O) groups excluding carboxylic acids is 2. The molecule has 0 aromatic carbocycles. The van der Waals surface area contributed by atoms with Gasteiger partial charge in [0.25, 0.3) is 0 Å². The van der Waals surface area contributed by atoms with Crippen LogP contribution in [0.15, 0.2) is 12.2 Å². The summed E-state index contributed by atoms with van der Waals surface area (Å²) in [5, 5.41) is 10.5. The molecule has 2 atom stereocenters. The van der Waals surface area contributed by atoms with Crippen molar-refractivity contribution in [3.8, 4) is 0 Å². The molecule has 126 valence electrons. The summed E-state index contributed by atoms with van der Waals surface area (Å²) in [5.74, 6) is -0.715. The maximum Gasteiger partial charge on any atom is 0.303 e. The summed E-state index contributed by atoms with van der Waals surface area (Å²) in [4.78, 5) is 22.9. The molecule has 0 aromatic heterocycles. The third-order valence-corrected chi connectivity index (χ3v) is 4.23. The molecule has 0 saturated heterocycles. The fourth-order valence-electron chi connectivity index (χ4n) is 2.89. The minimum absolute atomic E-state index is 0.255. The number of ether oxygens (including phenoxy) is 1. The maximum absolute atomic E-state index is 11.9. The van der Waals surface area contributed by atoms with Gasteiger partial charge in [-0.05, 0) is 25.3 Å². The monoisotopic (exact) mass is 310 g/mol. The van der Waals surface area contributed by atoms with Crippen molar-refractivity contribution in [3.05, 3.63) is 12.2 Å². The Morgan fingerprint density at radius 1 is 1.27 bits per heavy atom. The van der Waals surface area contributed by atoms with Gasteiger partial charge in [0.05, 0.1) is 0 Å². The molecule has 0 bridgehead atoms. The number of Topliss-reactive ketones (excluding diaryl/α,β-unsaturated/α-hetero) is 1. The second-order valence-corrected chi connectivity index (χ2v) is 6.20. The molecule has 0 heterocycles. The van der Waals surface area contributed by atoms with Gasteiger partial charge in [-0.25, -0.2) is 0 Å². The van der Waals surface area contributed by atoms with Gasteiger partial charge in [-0.2, -0.15) is 0 Å². The summed E-state index contributed by atoms with van der Waals surface area (Å²) in [6.07, 6.45) is 12.8. The third kappa shape index (κ3) is 5.91. The minimum atomic E-state index is -1.62. The van der Waals surface area contributed by atoms with E-state index in [-0.39, 0.29) is 12.2 Å². The Labute approximate surface area is 133 Å². The van der Waals surface area contributed by atoms with Crippen LogP contribution in [0.5, 0.6) is 0 Å². The molecule has 1 N–H and O–H groups in total. The second kappa shape index (κ2) is 9.78. The highest BCUT2D eigenvalue weighted by molar-refractivity contribution is 5.92. The molecule has 1 fully saturated rings. The van der Waals surface area contributed by atoms with Gasteiger partial charge < -0.3 is 9.84 Å². The molecule has 0 aromatic rings. The van der Waals surface area contributed by atoms with Crippen LogP contribution in [-0.4, -0.2) is 28.6 Å². The Morgan fingerprint density at radius 2 is 1.91 bits per heavy atom. The maximum atomic E-state index is 11.9. The van der Waals surface area contributed by atoms with Crippen molar-refractivity contribution in [2.24, 2.45) is 0 Å². The van der Waals surface area contributed by atoms with E-state index in [0.717, 1.165) is 12.8 Å². The van der Waals surface area contributed by atoms with Gasteiger partial charge in [-0.1, -0.05) is 51.5 Å². The van der Waals surface area contributed by atoms with E-state index in [9.17, 15) is 14.7 Å². The second-order valence-electron chi connectivity index (χ2n) is 6.20. The van der Waals surface area contributed by atoms with Crippen molar-refractivity contribution in [2.45, 2.75) is 89.8 Å². The fourth-order valence-corrected chi connectivity index (χ4v) is 2.89. The van der Waals surface area contributed by atoms with Gasteiger partial charge in [0.15, 0.2) is 11.4 Å². The van der Waals surface area contributed by atoms with Crippen LogP contribution in [0.1, 0.15) is 78.1 Å². The number of allylic oxidation sites excluding steroid dienone is 1. The van der Waals surface area contributed by atoms with Crippen molar-refractivity contribution >= 4 is 11.8 Å². The van der Waals surface area contributed by atoms with Crippen LogP contribution in [-0.2, 0) is 14.3 Å². The first-order valence-corrected chi connectivity index (χ1v) is 8.61. The molecule has 4 heteroatoms. The van der Waals surface area contributed by atoms with Gasteiger partial charge in [0, 0.05) is 13.3 Å². The lowest BCUT2D eigenvalue weighted by Gasteiger charge is -2.24. The Kier molecular flexibility index (Phi) is 8.39. The summed E-state index contributed by atoms with van der Waals surface area (Å²) in [7, 11) is 0. The van der Waals surface area contributed by atoms with E-state index in [2.05, 4.69) is 6.92 Å². The first-order chi connectivity index (χ1) is 10.5. The van der Waals surface area contributed by atoms with Crippen molar-refractivity contribution in [2.75, 3.05) is 0 Å². The average molecular weight is 310 g/mol. The summed E-state index contributed by atoms with van der Waals surface area (Å²) in [6.45, 7) is 3.51. The smallest absolute Gasteiger partial charge is 0.303 e. The summed E-state index contributed by atoms with van der Waals surface area (Å²) in [6, 6.07) is 0. The summed E-state index contributed by atoms with van der Waals surface area (Å²) < 4.78 is 5.07. The van der Waals surface area contributed by atoms with Gasteiger partial charge in [0.1, 0.15) is 6.10 Å². The molecule has 1 aliphatic carbocycles. The van der Waals surface area contributed by atoms with Gasteiger partial charge in [0.2, 0.25) is 0 Å². The lowest BCUT2D eigenvalue weighted by atomic mass is 9.97. The number of hydrogen-bond acceptors (Lipinski definition) is 4. The molecule has 0 radical (unpaired) electrons. The lowest BCUT2D eigenvalue weighted by molar-refractivity contribution is -0.157. The molecule has 0 aliphatic heterocycles. The Hall–Kier alpha value is -1.16. The van der Waals surface area contributed by atoms with E-state index in [1.165, 1.54) is 51.5 Å². The van der Waals surface area contributed by atoms with Crippen LogP contribution in [0.3, 0.4) is 0 Å². The average Bonchev–Trinajstić information content (AvgIpc) is 2.74. The van der Waals surface area contributed by atoms with E-state index in [1.54, 1.807) is 0 Å². The molecule has 0 unspecified atom stereocenters. The van der Waals surface area contributed by atoms with E-state index >= 15 is 0 Å². The quantitative estimate of drug-likeness (QED) is 0.379. The SMILES string of the molecule is CCCCCCCCC/C=C\[C@@]1(O)C(=O)CC[C@H]1OC(C)=O. The number of rotatable bonds is 10. The van der Waals surface area contributed by atoms with Crippen LogP contribution in [0, 0.1) is 0 Å². The van der Waals surface area contributed by atoms with Crippen LogP contribution in [0.4, 0.5) is 0 Å². The zero-order valence-corrected chi connectivity index (χ0v) is 14.0. The standard InChI is InChI=1S/C18H30O4/c1-3-4-5-6-7-8-9-10-11-14-18(21)16(20)12-13-17(18)22-15(2)19/h11,14,17,21H,3-10,12-13H2,1-2H3/b14-11-/t17-,18-/m1/s1. The molecule has 1 aliphatic rings. The molecule has 22 heavy (non-hydrogen) atoms. The third-order valence-electron chi connectivity index (χ3n) is 4.23. The predicted octanol–water partition coefficient (Wildman–Crippen LogP) is 3.71. The van der Waals surface area contributed by atoms with Crippen molar-refractivity contribution in [1.29, 1.82) is 0 Å². The van der Waals surface area contributed by atoms with Crippen LogP contribution < -0.4 is 0 Å². The first kappa shape index (κ1) is 18.9. The van der Waals surface area contributed by atoms with Crippen LogP contribution >= 0.6 is 0 Å². The Morgan fingerprint density at radius 3 is 2.55 bits per heavy atom. The molecule has 1 rings (SSSR count). The minimum Gasteiger partial charge on any atom is -0.459 e. The van der Waals surface area contributed by atoms with E-state index in [0.29, 0.717) is 6.42 Å².